The van der Waals surface area contributed by atoms with Gasteiger partial charge in [0.25, 0.3) is 0 Å². The summed E-state index contributed by atoms with van der Waals surface area (Å²) in [6, 6.07) is 10.5. The Morgan fingerprint density at radius 2 is 1.74 bits per heavy atom. The Bertz CT molecular complexity index is 868. The van der Waals surface area contributed by atoms with Gasteiger partial charge in [0, 0.05) is 57.4 Å². The number of anilines is 1. The summed E-state index contributed by atoms with van der Waals surface area (Å²) >= 11 is 6.39. The minimum Gasteiger partial charge on any atom is -0.368 e. The van der Waals surface area contributed by atoms with E-state index >= 15 is 0 Å². The predicted molar refractivity (Wildman–Crippen MR) is 125 cm³/mol. The molecule has 7 heteroatoms. The third-order valence-electron chi connectivity index (χ3n) is 6.88. The zero-order chi connectivity index (χ0) is 21.8. The number of halogens is 1. The molecular formula is C24H34ClN5O. The van der Waals surface area contributed by atoms with Crippen molar-refractivity contribution >= 4 is 23.2 Å². The molecule has 2 fully saturated rings. The van der Waals surface area contributed by atoms with E-state index in [-0.39, 0.29) is 0 Å². The predicted octanol–water partition coefficient (Wildman–Crippen LogP) is 3.72. The fourth-order valence-corrected chi connectivity index (χ4v) is 5.08. The zero-order valence-electron chi connectivity index (χ0n) is 18.8. The molecule has 0 unspecified atom stereocenters. The summed E-state index contributed by atoms with van der Waals surface area (Å²) in [4.78, 5) is 19.6. The normalized spacial score (nSPS) is 18.5. The van der Waals surface area contributed by atoms with Crippen LogP contribution in [-0.2, 0) is 18.4 Å². The van der Waals surface area contributed by atoms with Crippen LogP contribution in [0.15, 0.2) is 30.3 Å². The summed E-state index contributed by atoms with van der Waals surface area (Å²) in [6.07, 6.45) is 4.01. The molecule has 0 N–H and O–H groups in total. The fraction of sp³-hybridized carbons (Fsp3) is 0.583. The second kappa shape index (κ2) is 10.0. The molecule has 4 rings (SSSR count). The number of para-hydroxylation sites is 1. The molecule has 1 amide bonds. The van der Waals surface area contributed by atoms with Crippen LogP contribution in [-0.4, -0.2) is 64.8 Å². The third-order valence-corrected chi connectivity index (χ3v) is 7.35. The molecule has 6 nitrogen and oxygen atoms in total. The molecule has 0 spiro atoms. The van der Waals surface area contributed by atoms with Gasteiger partial charge < -0.3 is 9.80 Å². The number of rotatable bonds is 6. The lowest BCUT2D eigenvalue weighted by atomic mass is 9.91. The minimum absolute atomic E-state index is 0.327. The van der Waals surface area contributed by atoms with Crippen LogP contribution in [0.2, 0.25) is 5.15 Å². The van der Waals surface area contributed by atoms with Crippen molar-refractivity contribution in [2.45, 2.75) is 39.2 Å². The highest BCUT2D eigenvalue weighted by Gasteiger charge is 2.25. The van der Waals surface area contributed by atoms with Crippen molar-refractivity contribution in [3.05, 3.63) is 46.7 Å². The Hall–Kier alpha value is -2.05. The third kappa shape index (κ3) is 5.42. The summed E-state index contributed by atoms with van der Waals surface area (Å²) < 4.78 is 1.75. The second-order valence-electron chi connectivity index (χ2n) is 8.94. The summed E-state index contributed by atoms with van der Waals surface area (Å²) in [5.74, 6) is 0.976. The smallest absolute Gasteiger partial charge is 0.222 e. The average Bonchev–Trinajstić information content (AvgIpc) is 3.05. The van der Waals surface area contributed by atoms with Crippen LogP contribution >= 0.6 is 11.6 Å². The molecule has 3 heterocycles. The van der Waals surface area contributed by atoms with E-state index in [1.807, 2.05) is 20.0 Å². The molecule has 2 aliphatic heterocycles. The molecule has 2 aliphatic rings. The van der Waals surface area contributed by atoms with Crippen molar-refractivity contribution < 1.29 is 4.79 Å². The largest absolute Gasteiger partial charge is 0.368 e. The van der Waals surface area contributed by atoms with E-state index < -0.39 is 0 Å². The molecule has 0 aliphatic carbocycles. The molecular weight excluding hydrogens is 410 g/mol. The number of aryl methyl sites for hydroxylation is 2. The number of benzene rings is 1. The molecule has 168 valence electrons. The number of piperidine rings is 1. The average molecular weight is 444 g/mol. The highest BCUT2D eigenvalue weighted by Crippen LogP contribution is 2.26. The maximum absolute atomic E-state index is 12.7. The van der Waals surface area contributed by atoms with Crippen molar-refractivity contribution in [1.29, 1.82) is 0 Å². The number of carbonyl (C=O) groups excluding carboxylic acids is 1. The number of likely N-dealkylation sites (tertiary alicyclic amines) is 1. The molecule has 1 aromatic carbocycles. The molecule has 0 saturated carbocycles. The molecule has 1 aromatic heterocycles. The number of carbonyl (C=O) groups is 1. The zero-order valence-corrected chi connectivity index (χ0v) is 19.5. The molecule has 0 bridgehead atoms. The van der Waals surface area contributed by atoms with E-state index in [1.54, 1.807) is 4.68 Å². The van der Waals surface area contributed by atoms with E-state index in [1.165, 1.54) is 5.69 Å². The molecule has 0 radical (unpaired) electrons. The molecule has 2 aromatic rings. The lowest BCUT2D eigenvalue weighted by Crippen LogP contribution is -2.48. The van der Waals surface area contributed by atoms with Gasteiger partial charge in [-0.2, -0.15) is 5.10 Å². The van der Waals surface area contributed by atoms with Gasteiger partial charge in [0.15, 0.2) is 0 Å². The Balaban J connectivity index is 1.17. The van der Waals surface area contributed by atoms with Gasteiger partial charge >= 0.3 is 0 Å². The first-order valence-corrected chi connectivity index (χ1v) is 11.9. The summed E-state index contributed by atoms with van der Waals surface area (Å²) in [7, 11) is 1.89. The number of aromatic nitrogens is 2. The van der Waals surface area contributed by atoms with Gasteiger partial charge in [-0.1, -0.05) is 29.8 Å². The number of hydrogen-bond acceptors (Lipinski definition) is 4. The summed E-state index contributed by atoms with van der Waals surface area (Å²) in [5.41, 5.74) is 3.42. The number of nitrogens with zero attached hydrogens (tertiary/aromatic N) is 5. The molecule has 0 atom stereocenters. The van der Waals surface area contributed by atoms with Crippen LogP contribution < -0.4 is 4.90 Å². The van der Waals surface area contributed by atoms with Gasteiger partial charge in [0.2, 0.25) is 5.91 Å². The van der Waals surface area contributed by atoms with Gasteiger partial charge in [-0.3, -0.25) is 14.4 Å². The van der Waals surface area contributed by atoms with Crippen molar-refractivity contribution in [2.24, 2.45) is 13.0 Å². The monoisotopic (exact) mass is 443 g/mol. The summed E-state index contributed by atoms with van der Waals surface area (Å²) in [5, 5.41) is 5.17. The van der Waals surface area contributed by atoms with E-state index in [0.29, 0.717) is 18.2 Å². The Morgan fingerprint density at radius 3 is 2.35 bits per heavy atom. The first kappa shape index (κ1) is 22.2. The highest BCUT2D eigenvalue weighted by molar-refractivity contribution is 6.30. The first-order chi connectivity index (χ1) is 15.0. The van der Waals surface area contributed by atoms with E-state index in [9.17, 15) is 4.79 Å². The van der Waals surface area contributed by atoms with Gasteiger partial charge in [-0.05, 0) is 57.3 Å². The van der Waals surface area contributed by atoms with Crippen LogP contribution in [0, 0.1) is 12.8 Å². The second-order valence-corrected chi connectivity index (χ2v) is 9.30. The summed E-state index contributed by atoms with van der Waals surface area (Å²) in [6.45, 7) is 8.54. The highest BCUT2D eigenvalue weighted by atomic mass is 35.5. The quantitative estimate of drug-likeness (QED) is 0.682. The van der Waals surface area contributed by atoms with E-state index in [0.717, 1.165) is 81.5 Å². The number of amides is 1. The van der Waals surface area contributed by atoms with Crippen molar-refractivity contribution in [3.63, 3.8) is 0 Å². The first-order valence-electron chi connectivity index (χ1n) is 11.5. The Kier molecular flexibility index (Phi) is 7.18. The standard InChI is InChI=1S/C24H34ClN5O/c1-19-22(24(25)27(2)26-19)18-28-12-10-20(11-13-28)8-9-23(31)30-16-14-29(15-17-30)21-6-4-3-5-7-21/h3-7,20H,8-18H2,1-2H3. The van der Waals surface area contributed by atoms with Gasteiger partial charge in [-0.15, -0.1) is 0 Å². The number of piperazine rings is 1. The van der Waals surface area contributed by atoms with E-state index in [2.05, 4.69) is 44.1 Å². The SMILES string of the molecule is Cc1nn(C)c(Cl)c1CN1CCC(CCC(=O)N2CCN(c3ccccc3)CC2)CC1. The van der Waals surface area contributed by atoms with Crippen LogP contribution in [0.1, 0.15) is 36.9 Å². The Labute approximate surface area is 190 Å². The lowest BCUT2D eigenvalue weighted by Gasteiger charge is -2.36. The van der Waals surface area contributed by atoms with Crippen molar-refractivity contribution in [3.8, 4) is 0 Å². The van der Waals surface area contributed by atoms with Crippen molar-refractivity contribution in [1.82, 2.24) is 19.6 Å². The van der Waals surface area contributed by atoms with Crippen LogP contribution in [0.4, 0.5) is 5.69 Å². The van der Waals surface area contributed by atoms with Crippen LogP contribution in [0.5, 0.6) is 0 Å². The maximum Gasteiger partial charge on any atom is 0.222 e. The Morgan fingerprint density at radius 1 is 1.06 bits per heavy atom. The van der Waals surface area contributed by atoms with Gasteiger partial charge in [-0.25, -0.2) is 0 Å². The fourth-order valence-electron chi connectivity index (χ4n) is 4.85. The van der Waals surface area contributed by atoms with Crippen LogP contribution in [0.25, 0.3) is 0 Å². The maximum atomic E-state index is 12.7. The molecule has 31 heavy (non-hydrogen) atoms. The van der Waals surface area contributed by atoms with Gasteiger partial charge in [0.05, 0.1) is 5.69 Å². The van der Waals surface area contributed by atoms with Gasteiger partial charge in [0.1, 0.15) is 5.15 Å². The van der Waals surface area contributed by atoms with Crippen molar-refractivity contribution in [2.75, 3.05) is 44.2 Å². The minimum atomic E-state index is 0.327. The molecule has 2 saturated heterocycles. The lowest BCUT2D eigenvalue weighted by molar-refractivity contribution is -0.131. The number of hydrogen-bond donors (Lipinski definition) is 0. The van der Waals surface area contributed by atoms with E-state index in [4.69, 9.17) is 11.6 Å². The topological polar surface area (TPSA) is 44.6 Å². The van der Waals surface area contributed by atoms with Crippen LogP contribution in [0.3, 0.4) is 0 Å².